The van der Waals surface area contributed by atoms with Gasteiger partial charge in [0, 0.05) is 11.8 Å². The van der Waals surface area contributed by atoms with E-state index in [0.717, 1.165) is 29.1 Å². The molecule has 3 N–H and O–H groups in total. The SMILES string of the molecule is CCC(CSC)Nc1cccc(C)c1N. The summed E-state index contributed by atoms with van der Waals surface area (Å²) in [7, 11) is 0. The minimum Gasteiger partial charge on any atom is -0.397 e. The van der Waals surface area contributed by atoms with Gasteiger partial charge in [-0.25, -0.2) is 0 Å². The fraction of sp³-hybridized carbons (Fsp3) is 0.500. The largest absolute Gasteiger partial charge is 0.397 e. The van der Waals surface area contributed by atoms with Gasteiger partial charge in [-0.2, -0.15) is 11.8 Å². The van der Waals surface area contributed by atoms with Crippen molar-refractivity contribution in [3.63, 3.8) is 0 Å². The highest BCUT2D eigenvalue weighted by Crippen LogP contribution is 2.23. The van der Waals surface area contributed by atoms with Crippen LogP contribution in [-0.2, 0) is 0 Å². The van der Waals surface area contributed by atoms with Crippen molar-refractivity contribution in [3.05, 3.63) is 23.8 Å². The molecular weight excluding hydrogens is 204 g/mol. The molecule has 15 heavy (non-hydrogen) atoms. The number of nitrogens with two attached hydrogens (primary N) is 1. The summed E-state index contributed by atoms with van der Waals surface area (Å²) in [5.74, 6) is 1.11. The summed E-state index contributed by atoms with van der Waals surface area (Å²) in [5.41, 5.74) is 9.09. The van der Waals surface area contributed by atoms with Crippen molar-refractivity contribution in [3.8, 4) is 0 Å². The van der Waals surface area contributed by atoms with E-state index >= 15 is 0 Å². The summed E-state index contributed by atoms with van der Waals surface area (Å²) < 4.78 is 0. The minimum atomic E-state index is 0.504. The second-order valence-corrected chi connectivity index (χ2v) is 4.65. The number of para-hydroxylation sites is 1. The number of nitrogens with one attached hydrogen (secondary N) is 1. The number of hydrogen-bond acceptors (Lipinski definition) is 3. The van der Waals surface area contributed by atoms with Crippen molar-refractivity contribution in [2.75, 3.05) is 23.1 Å². The van der Waals surface area contributed by atoms with E-state index in [1.165, 1.54) is 0 Å². The molecule has 84 valence electrons. The summed E-state index contributed by atoms with van der Waals surface area (Å²) in [6.45, 7) is 4.23. The van der Waals surface area contributed by atoms with E-state index < -0.39 is 0 Å². The van der Waals surface area contributed by atoms with Gasteiger partial charge in [0.05, 0.1) is 11.4 Å². The van der Waals surface area contributed by atoms with Gasteiger partial charge in [-0.15, -0.1) is 0 Å². The van der Waals surface area contributed by atoms with Crippen LogP contribution in [0.5, 0.6) is 0 Å². The van der Waals surface area contributed by atoms with Crippen molar-refractivity contribution in [2.45, 2.75) is 26.3 Å². The molecule has 1 atom stereocenters. The number of nitrogen functional groups attached to an aromatic ring is 1. The molecule has 1 unspecified atom stereocenters. The Morgan fingerprint density at radius 3 is 2.80 bits per heavy atom. The van der Waals surface area contributed by atoms with E-state index in [1.807, 2.05) is 36.9 Å². The molecule has 0 aliphatic rings. The maximum absolute atomic E-state index is 6.01. The third-order valence-electron chi connectivity index (χ3n) is 2.54. The van der Waals surface area contributed by atoms with Crippen molar-refractivity contribution in [2.24, 2.45) is 0 Å². The Morgan fingerprint density at radius 2 is 2.20 bits per heavy atom. The summed E-state index contributed by atoms with van der Waals surface area (Å²) >= 11 is 1.86. The van der Waals surface area contributed by atoms with Crippen LogP contribution in [0, 0.1) is 6.92 Å². The van der Waals surface area contributed by atoms with Crippen LogP contribution in [0.4, 0.5) is 11.4 Å². The lowest BCUT2D eigenvalue weighted by Gasteiger charge is -2.19. The van der Waals surface area contributed by atoms with E-state index in [-0.39, 0.29) is 0 Å². The number of rotatable bonds is 5. The molecule has 1 aromatic carbocycles. The summed E-state index contributed by atoms with van der Waals surface area (Å²) in [5, 5.41) is 3.49. The molecular formula is C12H20N2S. The van der Waals surface area contributed by atoms with E-state index in [0.29, 0.717) is 6.04 Å². The monoisotopic (exact) mass is 224 g/mol. The molecule has 3 heteroatoms. The highest BCUT2D eigenvalue weighted by molar-refractivity contribution is 7.98. The average Bonchev–Trinajstić information content (AvgIpc) is 2.24. The lowest BCUT2D eigenvalue weighted by molar-refractivity contribution is 0.775. The normalized spacial score (nSPS) is 12.5. The molecule has 0 heterocycles. The van der Waals surface area contributed by atoms with Gasteiger partial charge in [0.2, 0.25) is 0 Å². The van der Waals surface area contributed by atoms with Gasteiger partial charge in [0.25, 0.3) is 0 Å². The average molecular weight is 224 g/mol. The quantitative estimate of drug-likeness (QED) is 0.755. The number of aryl methyl sites for hydroxylation is 1. The number of anilines is 2. The molecule has 1 aromatic rings. The van der Waals surface area contributed by atoms with Crippen molar-refractivity contribution in [1.29, 1.82) is 0 Å². The Kier molecular flexibility index (Phi) is 4.82. The van der Waals surface area contributed by atoms with Crippen molar-refractivity contribution < 1.29 is 0 Å². The van der Waals surface area contributed by atoms with Crippen LogP contribution in [0.15, 0.2) is 18.2 Å². The Balaban J connectivity index is 2.74. The fourth-order valence-corrected chi connectivity index (χ4v) is 2.21. The molecule has 0 aromatic heterocycles. The Labute approximate surface area is 96.6 Å². The zero-order chi connectivity index (χ0) is 11.3. The number of benzene rings is 1. The van der Waals surface area contributed by atoms with Crippen LogP contribution in [0.25, 0.3) is 0 Å². The molecule has 2 nitrogen and oxygen atoms in total. The second kappa shape index (κ2) is 5.91. The van der Waals surface area contributed by atoms with Crippen molar-refractivity contribution in [1.82, 2.24) is 0 Å². The molecule has 0 saturated carbocycles. The Bertz CT molecular complexity index is 312. The van der Waals surface area contributed by atoms with Gasteiger partial charge in [0.1, 0.15) is 0 Å². The third kappa shape index (κ3) is 3.34. The van der Waals surface area contributed by atoms with Crippen LogP contribution in [0.2, 0.25) is 0 Å². The Hall–Kier alpha value is -0.830. The molecule has 0 aliphatic heterocycles. The van der Waals surface area contributed by atoms with Crippen LogP contribution in [0.3, 0.4) is 0 Å². The standard InChI is InChI=1S/C12H20N2S/c1-4-10(8-15-3)14-11-7-5-6-9(2)12(11)13/h5-7,10,14H,4,8,13H2,1-3H3. The van der Waals surface area contributed by atoms with E-state index in [1.54, 1.807) is 0 Å². The maximum atomic E-state index is 6.01. The smallest absolute Gasteiger partial charge is 0.0579 e. The first-order chi connectivity index (χ1) is 7.19. The Morgan fingerprint density at radius 1 is 1.47 bits per heavy atom. The second-order valence-electron chi connectivity index (χ2n) is 3.74. The molecule has 0 bridgehead atoms. The zero-order valence-electron chi connectivity index (χ0n) is 9.71. The van der Waals surface area contributed by atoms with Crippen LogP contribution in [-0.4, -0.2) is 18.1 Å². The summed E-state index contributed by atoms with van der Waals surface area (Å²) in [6.07, 6.45) is 3.25. The number of thioether (sulfide) groups is 1. The third-order valence-corrected chi connectivity index (χ3v) is 3.28. The molecule has 0 aliphatic carbocycles. The fourth-order valence-electron chi connectivity index (χ4n) is 1.49. The molecule has 0 spiro atoms. The van der Waals surface area contributed by atoms with Crippen LogP contribution in [0.1, 0.15) is 18.9 Å². The van der Waals surface area contributed by atoms with Gasteiger partial charge < -0.3 is 11.1 Å². The lowest BCUT2D eigenvalue weighted by atomic mass is 10.1. The molecule has 0 amide bonds. The van der Waals surface area contributed by atoms with Gasteiger partial charge in [0.15, 0.2) is 0 Å². The van der Waals surface area contributed by atoms with Crippen LogP contribution >= 0.6 is 11.8 Å². The first kappa shape index (κ1) is 12.2. The van der Waals surface area contributed by atoms with E-state index in [2.05, 4.69) is 18.5 Å². The topological polar surface area (TPSA) is 38.0 Å². The predicted octanol–water partition coefficient (Wildman–Crippen LogP) is 3.13. The first-order valence-electron chi connectivity index (χ1n) is 5.29. The lowest BCUT2D eigenvalue weighted by Crippen LogP contribution is -2.21. The van der Waals surface area contributed by atoms with Gasteiger partial charge in [-0.05, 0) is 31.2 Å². The predicted molar refractivity (Wildman–Crippen MR) is 71.7 cm³/mol. The van der Waals surface area contributed by atoms with Crippen LogP contribution < -0.4 is 11.1 Å². The van der Waals surface area contributed by atoms with Gasteiger partial charge in [-0.1, -0.05) is 19.1 Å². The molecule has 0 saturated heterocycles. The molecule has 1 rings (SSSR count). The van der Waals surface area contributed by atoms with E-state index in [4.69, 9.17) is 5.73 Å². The maximum Gasteiger partial charge on any atom is 0.0579 e. The minimum absolute atomic E-state index is 0.504. The van der Waals surface area contributed by atoms with E-state index in [9.17, 15) is 0 Å². The molecule has 0 fully saturated rings. The summed E-state index contributed by atoms with van der Waals surface area (Å²) in [6, 6.07) is 6.63. The highest BCUT2D eigenvalue weighted by Gasteiger charge is 2.07. The van der Waals surface area contributed by atoms with Crippen molar-refractivity contribution >= 4 is 23.1 Å². The first-order valence-corrected chi connectivity index (χ1v) is 6.69. The molecule has 0 radical (unpaired) electrons. The van der Waals surface area contributed by atoms with Gasteiger partial charge >= 0.3 is 0 Å². The van der Waals surface area contributed by atoms with Gasteiger partial charge in [-0.3, -0.25) is 0 Å². The summed E-state index contributed by atoms with van der Waals surface area (Å²) in [4.78, 5) is 0. The number of hydrogen-bond donors (Lipinski definition) is 2. The zero-order valence-corrected chi connectivity index (χ0v) is 10.5. The highest BCUT2D eigenvalue weighted by atomic mass is 32.2.